The monoisotopic (exact) mass is 467 g/mol. The minimum Gasteiger partial charge on any atom is -0.462 e. The first-order chi connectivity index (χ1) is 15.5. The minimum atomic E-state index is -0.516. The summed E-state index contributed by atoms with van der Waals surface area (Å²) in [5, 5.41) is -0.0419. The Kier molecular flexibility index (Phi) is 6.48. The van der Waals surface area contributed by atoms with Crippen LogP contribution in [0.3, 0.4) is 0 Å². The smallest absolute Gasteiger partial charge is 0.339 e. The highest BCUT2D eigenvalue weighted by Crippen LogP contribution is 2.34. The molecule has 32 heavy (non-hydrogen) atoms. The average molecular weight is 468 g/mol. The minimum absolute atomic E-state index is 0.216. The zero-order valence-electron chi connectivity index (χ0n) is 17.0. The number of halogens is 1. The molecule has 1 aliphatic heterocycles. The number of ether oxygens (including phenoxy) is 1. The molecular weight excluding hydrogens is 450 g/mol. The van der Waals surface area contributed by atoms with Crippen molar-refractivity contribution in [1.29, 1.82) is 0 Å². The molecule has 3 aromatic rings. The molecule has 1 fully saturated rings. The standard InChI is InChI=1S/C24H18ClNO5S/c1-2-30-23(28)18-12-16(8-10-19(18)25)20-11-9-17(31-20)13-21-22(27)26(24(29)32-21)14-15-6-4-3-5-7-15/h3-13H,2,14H2,1H3/b21-13+. The van der Waals surface area contributed by atoms with E-state index in [9.17, 15) is 14.4 Å². The number of carbonyl (C=O) groups is 3. The van der Waals surface area contributed by atoms with E-state index in [0.29, 0.717) is 17.1 Å². The van der Waals surface area contributed by atoms with Crippen LogP contribution in [0.4, 0.5) is 4.79 Å². The molecule has 162 valence electrons. The second-order valence-corrected chi connectivity index (χ2v) is 8.27. The summed E-state index contributed by atoms with van der Waals surface area (Å²) in [5.74, 6) is 0.0240. The SMILES string of the molecule is CCOC(=O)c1cc(-c2ccc(/C=C3/SC(=O)N(Cc4ccccc4)C3=O)o2)ccc1Cl. The molecule has 0 aliphatic carbocycles. The van der Waals surface area contributed by atoms with E-state index < -0.39 is 5.97 Å². The topological polar surface area (TPSA) is 76.8 Å². The number of nitrogens with zero attached hydrogens (tertiary/aromatic N) is 1. The Labute approximate surface area is 193 Å². The van der Waals surface area contributed by atoms with Crippen molar-refractivity contribution in [2.45, 2.75) is 13.5 Å². The van der Waals surface area contributed by atoms with Crippen LogP contribution in [-0.2, 0) is 16.1 Å². The maximum absolute atomic E-state index is 12.7. The van der Waals surface area contributed by atoms with Gasteiger partial charge in [0, 0.05) is 11.6 Å². The number of thioether (sulfide) groups is 1. The number of benzene rings is 2. The van der Waals surface area contributed by atoms with Crippen LogP contribution in [0.5, 0.6) is 0 Å². The second-order valence-electron chi connectivity index (χ2n) is 6.87. The Hall–Kier alpha value is -3.29. The number of hydrogen-bond donors (Lipinski definition) is 0. The third-order valence-electron chi connectivity index (χ3n) is 4.70. The van der Waals surface area contributed by atoms with Gasteiger partial charge in [-0.25, -0.2) is 4.79 Å². The molecule has 2 aromatic carbocycles. The fourth-order valence-electron chi connectivity index (χ4n) is 3.16. The first-order valence-electron chi connectivity index (χ1n) is 9.82. The van der Waals surface area contributed by atoms with Gasteiger partial charge in [0.25, 0.3) is 11.1 Å². The van der Waals surface area contributed by atoms with Crippen molar-refractivity contribution < 1.29 is 23.5 Å². The van der Waals surface area contributed by atoms with E-state index in [2.05, 4.69) is 0 Å². The van der Waals surface area contributed by atoms with Gasteiger partial charge in [0.15, 0.2) is 0 Å². The number of furan rings is 1. The van der Waals surface area contributed by atoms with Crippen molar-refractivity contribution in [3.63, 3.8) is 0 Å². The molecule has 0 bridgehead atoms. The number of amides is 2. The molecule has 2 heterocycles. The van der Waals surface area contributed by atoms with Gasteiger partial charge >= 0.3 is 5.97 Å². The van der Waals surface area contributed by atoms with E-state index >= 15 is 0 Å². The molecule has 2 amide bonds. The Morgan fingerprint density at radius 2 is 1.91 bits per heavy atom. The van der Waals surface area contributed by atoms with Crippen molar-refractivity contribution in [3.8, 4) is 11.3 Å². The van der Waals surface area contributed by atoms with Gasteiger partial charge in [-0.15, -0.1) is 0 Å². The quantitative estimate of drug-likeness (QED) is 0.326. The number of carbonyl (C=O) groups excluding carboxylic acids is 3. The van der Waals surface area contributed by atoms with Crippen LogP contribution in [0, 0.1) is 0 Å². The fraction of sp³-hybridized carbons (Fsp3) is 0.125. The average Bonchev–Trinajstić information content (AvgIpc) is 3.35. The molecule has 0 radical (unpaired) electrons. The van der Waals surface area contributed by atoms with Crippen LogP contribution in [0.2, 0.25) is 5.02 Å². The molecule has 1 saturated heterocycles. The van der Waals surface area contributed by atoms with Gasteiger partial charge in [0.1, 0.15) is 11.5 Å². The van der Waals surface area contributed by atoms with Crippen LogP contribution in [0.25, 0.3) is 17.4 Å². The molecule has 8 heteroatoms. The predicted octanol–water partition coefficient (Wildman–Crippen LogP) is 6.01. The summed E-state index contributed by atoms with van der Waals surface area (Å²) >= 11 is 6.99. The maximum Gasteiger partial charge on any atom is 0.339 e. The lowest BCUT2D eigenvalue weighted by Crippen LogP contribution is -2.27. The lowest BCUT2D eigenvalue weighted by atomic mass is 10.1. The van der Waals surface area contributed by atoms with Crippen LogP contribution in [0.15, 0.2) is 70.0 Å². The van der Waals surface area contributed by atoms with Crippen molar-refractivity contribution in [3.05, 3.63) is 87.5 Å². The van der Waals surface area contributed by atoms with Crippen LogP contribution in [0.1, 0.15) is 28.6 Å². The van der Waals surface area contributed by atoms with Gasteiger partial charge in [-0.3, -0.25) is 14.5 Å². The Balaban J connectivity index is 1.54. The first kappa shape index (κ1) is 21.9. The van der Waals surface area contributed by atoms with E-state index in [1.165, 1.54) is 4.90 Å². The summed E-state index contributed by atoms with van der Waals surface area (Å²) in [6, 6.07) is 17.7. The highest BCUT2D eigenvalue weighted by atomic mass is 35.5. The molecule has 0 atom stereocenters. The van der Waals surface area contributed by atoms with Crippen molar-refractivity contribution >= 4 is 46.6 Å². The number of hydrogen-bond acceptors (Lipinski definition) is 6. The van der Waals surface area contributed by atoms with E-state index in [4.69, 9.17) is 20.8 Å². The molecule has 1 aromatic heterocycles. The summed E-state index contributed by atoms with van der Waals surface area (Å²) < 4.78 is 10.9. The van der Waals surface area contributed by atoms with Crippen LogP contribution >= 0.6 is 23.4 Å². The number of esters is 1. The number of imide groups is 1. The third-order valence-corrected chi connectivity index (χ3v) is 5.94. The zero-order valence-corrected chi connectivity index (χ0v) is 18.6. The summed E-state index contributed by atoms with van der Waals surface area (Å²) in [4.78, 5) is 38.7. The van der Waals surface area contributed by atoms with Gasteiger partial charge in [0.05, 0.1) is 28.6 Å². The molecule has 4 rings (SSSR count). The molecular formula is C24H18ClNO5S. The summed E-state index contributed by atoms with van der Waals surface area (Å²) in [6.07, 6.45) is 1.54. The summed E-state index contributed by atoms with van der Waals surface area (Å²) in [6.45, 7) is 2.17. The van der Waals surface area contributed by atoms with Crippen molar-refractivity contribution in [1.82, 2.24) is 4.90 Å². The highest BCUT2D eigenvalue weighted by Gasteiger charge is 2.35. The normalized spacial score (nSPS) is 14.9. The van der Waals surface area contributed by atoms with Gasteiger partial charge in [-0.1, -0.05) is 41.9 Å². The molecule has 0 spiro atoms. The Morgan fingerprint density at radius 1 is 1.12 bits per heavy atom. The largest absolute Gasteiger partial charge is 0.462 e. The van der Waals surface area contributed by atoms with Crippen LogP contribution in [-0.4, -0.2) is 28.6 Å². The van der Waals surface area contributed by atoms with Crippen LogP contribution < -0.4 is 0 Å². The van der Waals surface area contributed by atoms with Gasteiger partial charge in [-0.05, 0) is 54.6 Å². The second kappa shape index (κ2) is 9.46. The van der Waals surface area contributed by atoms with E-state index in [1.807, 2.05) is 30.3 Å². The lowest BCUT2D eigenvalue weighted by Gasteiger charge is -2.11. The third kappa shape index (κ3) is 4.64. The van der Waals surface area contributed by atoms with E-state index in [-0.39, 0.29) is 39.8 Å². The summed E-state index contributed by atoms with van der Waals surface area (Å²) in [5.41, 5.74) is 1.75. The number of rotatable bonds is 6. The lowest BCUT2D eigenvalue weighted by molar-refractivity contribution is -0.123. The molecule has 0 N–H and O–H groups in total. The van der Waals surface area contributed by atoms with Gasteiger partial charge in [-0.2, -0.15) is 0 Å². The Morgan fingerprint density at radius 3 is 2.66 bits per heavy atom. The molecule has 0 unspecified atom stereocenters. The highest BCUT2D eigenvalue weighted by molar-refractivity contribution is 8.18. The van der Waals surface area contributed by atoms with Crippen molar-refractivity contribution in [2.24, 2.45) is 0 Å². The maximum atomic E-state index is 12.7. The van der Waals surface area contributed by atoms with Gasteiger partial charge < -0.3 is 9.15 Å². The van der Waals surface area contributed by atoms with E-state index in [0.717, 1.165) is 17.3 Å². The summed E-state index contributed by atoms with van der Waals surface area (Å²) in [7, 11) is 0. The zero-order chi connectivity index (χ0) is 22.7. The van der Waals surface area contributed by atoms with Crippen molar-refractivity contribution in [2.75, 3.05) is 6.61 Å². The predicted molar refractivity (Wildman–Crippen MR) is 123 cm³/mol. The van der Waals surface area contributed by atoms with Gasteiger partial charge in [0.2, 0.25) is 0 Å². The molecule has 1 aliphatic rings. The molecule has 6 nitrogen and oxygen atoms in total. The first-order valence-corrected chi connectivity index (χ1v) is 11.0. The fourth-order valence-corrected chi connectivity index (χ4v) is 4.17. The Bertz CT molecular complexity index is 1220. The van der Waals surface area contributed by atoms with E-state index in [1.54, 1.807) is 43.3 Å². The molecule has 0 saturated carbocycles.